The van der Waals surface area contributed by atoms with E-state index in [0.717, 1.165) is 11.8 Å². The largest absolute Gasteiger partial charge is 0.497 e. The number of nitrogens with one attached hydrogen (secondary N) is 1. The zero-order chi connectivity index (χ0) is 29.5. The molecule has 2 aromatic rings. The lowest BCUT2D eigenvalue weighted by molar-refractivity contribution is -0.142. The third-order valence-corrected chi connectivity index (χ3v) is 7.53. The zero-order valence-corrected chi connectivity index (χ0v) is 25.0. The van der Waals surface area contributed by atoms with E-state index in [1.54, 1.807) is 30.2 Å². The van der Waals surface area contributed by atoms with E-state index >= 15 is 0 Å². The number of benzene rings is 2. The van der Waals surface area contributed by atoms with Gasteiger partial charge < -0.3 is 24.4 Å². The van der Waals surface area contributed by atoms with Crippen LogP contribution < -0.4 is 23.8 Å². The Kier molecular flexibility index (Phi) is 10.3. The van der Waals surface area contributed by atoms with Crippen LogP contribution in [0.3, 0.4) is 0 Å². The van der Waals surface area contributed by atoms with Gasteiger partial charge in [-0.1, -0.05) is 19.1 Å². The number of methoxy groups -OCH3 is 1. The van der Waals surface area contributed by atoms with Crippen LogP contribution in [0.1, 0.15) is 52.5 Å². The summed E-state index contributed by atoms with van der Waals surface area (Å²) in [5, 5.41) is 2.99. The number of carbonyl (C=O) groups is 2. The maximum absolute atomic E-state index is 13.6. The molecule has 10 nitrogen and oxygen atoms in total. The SMILES string of the molecule is CCC(C(=O)NC(C)(C)C)N(Cc1cccc(OC)c1)C(=O)CCCN(c1ccc2c(c1)OCCO2)S(C)(=O)=O. The van der Waals surface area contributed by atoms with E-state index in [-0.39, 0.29) is 37.7 Å². The molecule has 40 heavy (non-hydrogen) atoms. The van der Waals surface area contributed by atoms with E-state index in [2.05, 4.69) is 5.32 Å². The van der Waals surface area contributed by atoms with Gasteiger partial charge in [0.15, 0.2) is 11.5 Å². The lowest BCUT2D eigenvalue weighted by Crippen LogP contribution is -2.53. The molecule has 0 radical (unpaired) electrons. The first-order valence-electron chi connectivity index (χ1n) is 13.4. The molecule has 2 aromatic carbocycles. The Bertz CT molecular complexity index is 1290. The summed E-state index contributed by atoms with van der Waals surface area (Å²) < 4.78 is 43.1. The van der Waals surface area contributed by atoms with E-state index in [4.69, 9.17) is 14.2 Å². The quantitative estimate of drug-likeness (QED) is 0.410. The number of nitrogens with zero attached hydrogens (tertiary/aromatic N) is 2. The highest BCUT2D eigenvalue weighted by Gasteiger charge is 2.31. The monoisotopic (exact) mass is 575 g/mol. The highest BCUT2D eigenvalue weighted by atomic mass is 32.2. The third kappa shape index (κ3) is 8.51. The number of hydrogen-bond acceptors (Lipinski definition) is 7. The predicted octanol–water partition coefficient (Wildman–Crippen LogP) is 3.73. The van der Waals surface area contributed by atoms with E-state index in [1.807, 2.05) is 52.0 Å². The van der Waals surface area contributed by atoms with Crippen LogP contribution in [0.4, 0.5) is 5.69 Å². The first kappa shape index (κ1) is 31.1. The van der Waals surface area contributed by atoms with Crippen molar-refractivity contribution in [1.82, 2.24) is 10.2 Å². The molecule has 11 heteroatoms. The van der Waals surface area contributed by atoms with Gasteiger partial charge in [-0.3, -0.25) is 13.9 Å². The average molecular weight is 576 g/mol. The van der Waals surface area contributed by atoms with Crippen molar-refractivity contribution in [3.8, 4) is 17.2 Å². The van der Waals surface area contributed by atoms with Crippen molar-refractivity contribution in [3.63, 3.8) is 0 Å². The lowest BCUT2D eigenvalue weighted by Gasteiger charge is -2.33. The minimum atomic E-state index is -3.64. The number of anilines is 1. The molecule has 0 saturated carbocycles. The lowest BCUT2D eigenvalue weighted by atomic mass is 10.0. The number of hydrogen-bond donors (Lipinski definition) is 1. The first-order chi connectivity index (χ1) is 18.8. The van der Waals surface area contributed by atoms with Crippen LogP contribution >= 0.6 is 0 Å². The molecule has 0 aromatic heterocycles. The number of ether oxygens (including phenoxy) is 3. The molecule has 1 unspecified atom stereocenters. The van der Waals surface area contributed by atoms with Gasteiger partial charge in [0.25, 0.3) is 0 Å². The van der Waals surface area contributed by atoms with Crippen molar-refractivity contribution in [2.45, 2.75) is 65.1 Å². The molecule has 1 aliphatic heterocycles. The molecular weight excluding hydrogens is 534 g/mol. The molecule has 3 rings (SSSR count). The molecule has 1 N–H and O–H groups in total. The normalized spacial score (nSPS) is 13.8. The second kappa shape index (κ2) is 13.3. The van der Waals surface area contributed by atoms with Crippen molar-refractivity contribution in [2.75, 3.05) is 37.4 Å². The van der Waals surface area contributed by atoms with Gasteiger partial charge in [-0.05, 0) is 63.4 Å². The number of fused-ring (bicyclic) bond motifs is 1. The van der Waals surface area contributed by atoms with Crippen molar-refractivity contribution >= 4 is 27.5 Å². The van der Waals surface area contributed by atoms with Crippen molar-refractivity contribution in [2.24, 2.45) is 0 Å². The molecule has 1 atom stereocenters. The highest BCUT2D eigenvalue weighted by molar-refractivity contribution is 7.92. The van der Waals surface area contributed by atoms with Gasteiger partial charge >= 0.3 is 0 Å². The van der Waals surface area contributed by atoms with Gasteiger partial charge in [-0.15, -0.1) is 0 Å². The maximum Gasteiger partial charge on any atom is 0.243 e. The molecule has 0 aliphatic carbocycles. The summed E-state index contributed by atoms with van der Waals surface area (Å²) in [6.07, 6.45) is 1.86. The van der Waals surface area contributed by atoms with Crippen LogP contribution in [0, 0.1) is 0 Å². The summed E-state index contributed by atoms with van der Waals surface area (Å²) in [5.74, 6) is 1.22. The molecule has 1 heterocycles. The summed E-state index contributed by atoms with van der Waals surface area (Å²) in [7, 11) is -2.07. The van der Waals surface area contributed by atoms with Crippen LogP contribution in [-0.2, 0) is 26.2 Å². The van der Waals surface area contributed by atoms with Gasteiger partial charge in [0.2, 0.25) is 21.8 Å². The second-order valence-electron chi connectivity index (χ2n) is 10.8. The Morgan fingerprint density at radius 1 is 1.07 bits per heavy atom. The number of sulfonamides is 1. The smallest absolute Gasteiger partial charge is 0.243 e. The molecule has 0 spiro atoms. The summed E-state index contributed by atoms with van der Waals surface area (Å²) in [5.41, 5.74) is 0.793. The molecule has 0 saturated heterocycles. The minimum absolute atomic E-state index is 0.0554. The molecule has 2 amide bonds. The predicted molar refractivity (Wildman–Crippen MR) is 154 cm³/mol. The van der Waals surface area contributed by atoms with E-state index in [9.17, 15) is 18.0 Å². The molecular formula is C29H41N3O7S. The summed E-state index contributed by atoms with van der Waals surface area (Å²) in [4.78, 5) is 28.4. The van der Waals surface area contributed by atoms with E-state index < -0.39 is 21.6 Å². The van der Waals surface area contributed by atoms with E-state index in [0.29, 0.717) is 42.6 Å². The Balaban J connectivity index is 1.80. The van der Waals surface area contributed by atoms with E-state index in [1.165, 1.54) is 4.31 Å². The summed E-state index contributed by atoms with van der Waals surface area (Å²) in [6, 6.07) is 11.7. The first-order valence-corrected chi connectivity index (χ1v) is 15.3. The van der Waals surface area contributed by atoms with Crippen LogP contribution in [0.25, 0.3) is 0 Å². The highest BCUT2D eigenvalue weighted by Crippen LogP contribution is 2.34. The molecule has 0 fully saturated rings. The van der Waals surface area contributed by atoms with Gasteiger partial charge in [0, 0.05) is 31.1 Å². The fraction of sp³-hybridized carbons (Fsp3) is 0.517. The topological polar surface area (TPSA) is 114 Å². The standard InChI is InChI=1S/C29H41N3O7S/c1-7-24(28(34)30-29(2,3)4)31(20-21-10-8-11-23(18-21)37-5)27(33)12-9-15-32(40(6,35)36)22-13-14-25-26(19-22)39-17-16-38-25/h8,10-11,13-14,18-19,24H,7,9,12,15-17,20H2,1-6H3,(H,30,34). The maximum atomic E-state index is 13.6. The van der Waals surface area contributed by atoms with Crippen LogP contribution in [0.15, 0.2) is 42.5 Å². The van der Waals surface area contributed by atoms with Crippen molar-refractivity contribution in [1.29, 1.82) is 0 Å². The molecule has 0 bridgehead atoms. The number of amides is 2. The fourth-order valence-electron chi connectivity index (χ4n) is 4.53. The Labute approximate surface area is 237 Å². The average Bonchev–Trinajstić information content (AvgIpc) is 2.89. The second-order valence-corrected chi connectivity index (χ2v) is 12.7. The summed E-state index contributed by atoms with van der Waals surface area (Å²) >= 11 is 0. The van der Waals surface area contributed by atoms with Gasteiger partial charge in [0.1, 0.15) is 25.0 Å². The van der Waals surface area contributed by atoms with Crippen LogP contribution in [-0.4, -0.2) is 69.8 Å². The molecule has 220 valence electrons. The van der Waals surface area contributed by atoms with Crippen molar-refractivity contribution in [3.05, 3.63) is 48.0 Å². The van der Waals surface area contributed by atoms with Crippen molar-refractivity contribution < 1.29 is 32.2 Å². The Hall–Kier alpha value is -3.47. The third-order valence-electron chi connectivity index (χ3n) is 6.34. The van der Waals surface area contributed by atoms with Gasteiger partial charge in [-0.25, -0.2) is 8.42 Å². The van der Waals surface area contributed by atoms with Crippen LogP contribution in [0.2, 0.25) is 0 Å². The van der Waals surface area contributed by atoms with Crippen LogP contribution in [0.5, 0.6) is 17.2 Å². The summed E-state index contributed by atoms with van der Waals surface area (Å²) in [6.45, 7) is 8.66. The number of carbonyl (C=O) groups excluding carboxylic acids is 2. The Morgan fingerprint density at radius 3 is 2.40 bits per heavy atom. The van der Waals surface area contributed by atoms with Gasteiger partial charge in [0.05, 0.1) is 19.1 Å². The fourth-order valence-corrected chi connectivity index (χ4v) is 5.49. The number of rotatable bonds is 12. The zero-order valence-electron chi connectivity index (χ0n) is 24.2. The molecule has 1 aliphatic rings. The van der Waals surface area contributed by atoms with Gasteiger partial charge in [-0.2, -0.15) is 0 Å². The Morgan fingerprint density at radius 2 is 1.77 bits per heavy atom. The minimum Gasteiger partial charge on any atom is -0.497 e.